The van der Waals surface area contributed by atoms with Crippen molar-refractivity contribution in [1.29, 1.82) is 0 Å². The number of nitrogens with zero attached hydrogens (tertiary/aromatic N) is 4. The number of halogens is 1. The Kier molecular flexibility index (Phi) is 2.54. The van der Waals surface area contributed by atoms with Gasteiger partial charge in [0.15, 0.2) is 14.5 Å². The van der Waals surface area contributed by atoms with Crippen LogP contribution >= 0.6 is 46.4 Å². The van der Waals surface area contributed by atoms with E-state index in [9.17, 15) is 0 Å². The zero-order chi connectivity index (χ0) is 8.39. The van der Waals surface area contributed by atoms with Gasteiger partial charge in [0.1, 0.15) is 5.51 Å². The van der Waals surface area contributed by atoms with Gasteiger partial charge in [-0.25, -0.2) is 0 Å². The Hall–Kier alpha value is -0.240. The second-order valence-corrected chi connectivity index (χ2v) is 4.62. The van der Waals surface area contributed by atoms with Gasteiger partial charge in [-0.3, -0.25) is 0 Å². The van der Waals surface area contributed by atoms with Crippen LogP contribution in [-0.2, 0) is 0 Å². The zero-order valence-electron chi connectivity index (χ0n) is 5.47. The van der Waals surface area contributed by atoms with Crippen LogP contribution in [0.2, 0.25) is 5.15 Å². The predicted octanol–water partition coefficient (Wildman–Crippen LogP) is 2.19. The fourth-order valence-corrected chi connectivity index (χ4v) is 2.71. The topological polar surface area (TPSA) is 51.6 Å². The minimum absolute atomic E-state index is 0.431. The van der Waals surface area contributed by atoms with E-state index < -0.39 is 0 Å². The lowest BCUT2D eigenvalue weighted by Crippen LogP contribution is -1.72. The summed E-state index contributed by atoms with van der Waals surface area (Å²) in [7, 11) is 0. The van der Waals surface area contributed by atoms with Crippen LogP contribution in [0.15, 0.2) is 14.9 Å². The molecule has 0 spiro atoms. The Bertz CT molecular complexity index is 358. The molecule has 2 aromatic rings. The van der Waals surface area contributed by atoms with Gasteiger partial charge in [0.2, 0.25) is 0 Å². The lowest BCUT2D eigenvalue weighted by atomic mass is 10.9. The minimum Gasteiger partial charge on any atom is -0.164 e. The maximum atomic E-state index is 5.73. The van der Waals surface area contributed by atoms with Crippen LogP contribution < -0.4 is 0 Å². The maximum absolute atomic E-state index is 5.73. The van der Waals surface area contributed by atoms with Gasteiger partial charge in [-0.1, -0.05) is 22.9 Å². The number of hydrogen-bond acceptors (Lipinski definition) is 7. The molecule has 62 valence electrons. The van der Waals surface area contributed by atoms with E-state index in [1.807, 2.05) is 0 Å². The van der Waals surface area contributed by atoms with Crippen molar-refractivity contribution in [3.8, 4) is 0 Å². The second-order valence-electron chi connectivity index (χ2n) is 1.67. The third kappa shape index (κ3) is 1.74. The van der Waals surface area contributed by atoms with Gasteiger partial charge in [-0.2, -0.15) is 8.75 Å². The Labute approximate surface area is 85.3 Å². The largest absolute Gasteiger partial charge is 0.180 e. The molecule has 2 aromatic heterocycles. The summed E-state index contributed by atoms with van der Waals surface area (Å²) < 4.78 is 8.64. The SMILES string of the molecule is Clc1nsnc1Sc1nncs1. The van der Waals surface area contributed by atoms with Crippen LogP contribution in [0.1, 0.15) is 0 Å². The lowest BCUT2D eigenvalue weighted by Gasteiger charge is -1.87. The monoisotopic (exact) mass is 236 g/mol. The highest BCUT2D eigenvalue weighted by molar-refractivity contribution is 8.01. The Morgan fingerprint density at radius 1 is 1.42 bits per heavy atom. The molecule has 4 nitrogen and oxygen atoms in total. The highest BCUT2D eigenvalue weighted by Crippen LogP contribution is 2.31. The molecule has 0 aliphatic heterocycles. The highest BCUT2D eigenvalue weighted by Gasteiger charge is 2.08. The standard InChI is InChI=1S/C4HClN4S3/c5-2-3(9-12-8-2)11-4-7-6-1-10-4/h1H. The molecule has 0 aliphatic carbocycles. The smallest absolute Gasteiger partial charge is 0.164 e. The molecular weight excluding hydrogens is 236 g/mol. The molecule has 0 saturated heterocycles. The molecule has 0 N–H and O–H groups in total. The molecule has 0 fully saturated rings. The molecule has 0 amide bonds. The fourth-order valence-electron chi connectivity index (χ4n) is 0.521. The summed E-state index contributed by atoms with van der Waals surface area (Å²) in [5.41, 5.74) is 1.66. The molecule has 0 atom stereocenters. The molecule has 0 unspecified atom stereocenters. The quantitative estimate of drug-likeness (QED) is 0.800. The summed E-state index contributed by atoms with van der Waals surface area (Å²) in [4.78, 5) is 0. The van der Waals surface area contributed by atoms with Crippen molar-refractivity contribution in [2.75, 3.05) is 0 Å². The zero-order valence-corrected chi connectivity index (χ0v) is 8.67. The number of hydrogen-bond donors (Lipinski definition) is 0. The van der Waals surface area contributed by atoms with Gasteiger partial charge in [0.25, 0.3) is 0 Å². The summed E-state index contributed by atoms with van der Waals surface area (Å²) in [6.07, 6.45) is 0. The van der Waals surface area contributed by atoms with Crippen molar-refractivity contribution in [3.63, 3.8) is 0 Å². The molecule has 0 bridgehead atoms. The molecule has 8 heteroatoms. The fraction of sp³-hybridized carbons (Fsp3) is 0. The first kappa shape index (κ1) is 8.36. The summed E-state index contributed by atoms with van der Waals surface area (Å²) in [6, 6.07) is 0. The van der Waals surface area contributed by atoms with Gasteiger partial charge in [0, 0.05) is 0 Å². The van der Waals surface area contributed by atoms with Crippen molar-refractivity contribution in [2.45, 2.75) is 9.37 Å². The first-order valence-electron chi connectivity index (χ1n) is 2.78. The third-order valence-electron chi connectivity index (χ3n) is 0.945. The molecular formula is C4HClN4S3. The van der Waals surface area contributed by atoms with E-state index in [1.54, 1.807) is 5.51 Å². The average molecular weight is 237 g/mol. The van der Waals surface area contributed by atoms with Crippen LogP contribution in [0.5, 0.6) is 0 Å². The Balaban J connectivity index is 2.20. The third-order valence-corrected chi connectivity index (χ3v) is 3.82. The van der Waals surface area contributed by atoms with E-state index in [4.69, 9.17) is 11.6 Å². The van der Waals surface area contributed by atoms with Gasteiger partial charge >= 0.3 is 0 Å². The van der Waals surface area contributed by atoms with Crippen molar-refractivity contribution in [1.82, 2.24) is 18.9 Å². The molecule has 0 radical (unpaired) electrons. The van der Waals surface area contributed by atoms with E-state index in [1.165, 1.54) is 23.1 Å². The summed E-state index contributed by atoms with van der Waals surface area (Å²) in [5, 5.41) is 8.66. The molecule has 0 aromatic carbocycles. The number of aromatic nitrogens is 4. The molecule has 12 heavy (non-hydrogen) atoms. The average Bonchev–Trinajstić information content (AvgIpc) is 2.65. The molecule has 2 heterocycles. The molecule has 2 rings (SSSR count). The van der Waals surface area contributed by atoms with Gasteiger partial charge in [-0.15, -0.1) is 10.2 Å². The normalized spacial score (nSPS) is 10.4. The van der Waals surface area contributed by atoms with E-state index >= 15 is 0 Å². The first-order valence-corrected chi connectivity index (χ1v) is 5.59. The number of rotatable bonds is 2. The summed E-state index contributed by atoms with van der Waals surface area (Å²) in [6.45, 7) is 0. The van der Waals surface area contributed by atoms with Crippen LogP contribution in [0.4, 0.5) is 0 Å². The van der Waals surface area contributed by atoms with Gasteiger partial charge < -0.3 is 0 Å². The van der Waals surface area contributed by atoms with Crippen LogP contribution in [0.25, 0.3) is 0 Å². The lowest BCUT2D eigenvalue weighted by molar-refractivity contribution is 1.01. The second kappa shape index (κ2) is 3.65. The van der Waals surface area contributed by atoms with E-state index in [0.717, 1.165) is 16.1 Å². The van der Waals surface area contributed by atoms with Crippen molar-refractivity contribution in [3.05, 3.63) is 10.7 Å². The maximum Gasteiger partial charge on any atom is 0.180 e. The van der Waals surface area contributed by atoms with E-state index in [-0.39, 0.29) is 0 Å². The van der Waals surface area contributed by atoms with Gasteiger partial charge in [0.05, 0.1) is 11.7 Å². The molecule has 0 saturated carbocycles. The van der Waals surface area contributed by atoms with Crippen molar-refractivity contribution in [2.24, 2.45) is 0 Å². The van der Waals surface area contributed by atoms with Gasteiger partial charge in [-0.05, 0) is 11.8 Å². The van der Waals surface area contributed by atoms with Crippen molar-refractivity contribution >= 4 is 46.4 Å². The minimum atomic E-state index is 0.431. The highest BCUT2D eigenvalue weighted by atomic mass is 35.5. The molecule has 0 aliphatic rings. The Morgan fingerprint density at radius 2 is 2.33 bits per heavy atom. The van der Waals surface area contributed by atoms with E-state index in [2.05, 4.69) is 18.9 Å². The van der Waals surface area contributed by atoms with E-state index in [0.29, 0.717) is 10.2 Å². The summed E-state index contributed by atoms with van der Waals surface area (Å²) >= 11 is 9.65. The van der Waals surface area contributed by atoms with Crippen LogP contribution in [0, 0.1) is 0 Å². The summed E-state index contributed by atoms with van der Waals surface area (Å²) in [5.74, 6) is 0. The van der Waals surface area contributed by atoms with Crippen LogP contribution in [0.3, 0.4) is 0 Å². The van der Waals surface area contributed by atoms with Crippen molar-refractivity contribution < 1.29 is 0 Å². The first-order chi connectivity index (χ1) is 5.86. The predicted molar refractivity (Wildman–Crippen MR) is 49.0 cm³/mol. The Morgan fingerprint density at radius 3 is 2.92 bits per heavy atom. The van der Waals surface area contributed by atoms with Crippen LogP contribution in [-0.4, -0.2) is 18.9 Å².